The second kappa shape index (κ2) is 7.13. The summed E-state index contributed by atoms with van der Waals surface area (Å²) >= 11 is 1.70. The maximum Gasteiger partial charge on any atom is 0.269 e. The van der Waals surface area contributed by atoms with E-state index in [1.165, 1.54) is 12.1 Å². The number of nitrogens with zero attached hydrogens (tertiary/aromatic N) is 1. The Morgan fingerprint density at radius 1 is 1.47 bits per heavy atom. The number of nitro benzene ring substituents is 1. The fourth-order valence-electron chi connectivity index (χ4n) is 1.47. The minimum Gasteiger partial charge on any atom is -0.396 e. The fourth-order valence-corrected chi connectivity index (χ4v) is 2.12. The average molecular weight is 256 g/mol. The zero-order valence-corrected chi connectivity index (χ0v) is 10.4. The van der Waals surface area contributed by atoms with E-state index in [1.54, 1.807) is 23.9 Å². The molecule has 1 aromatic carbocycles. The second-order valence-electron chi connectivity index (χ2n) is 3.61. The van der Waals surface area contributed by atoms with Gasteiger partial charge in [0.15, 0.2) is 0 Å². The van der Waals surface area contributed by atoms with Crippen LogP contribution in [0.1, 0.15) is 6.42 Å². The third kappa shape index (κ3) is 4.62. The Hall–Kier alpha value is -1.27. The van der Waals surface area contributed by atoms with E-state index < -0.39 is 4.92 Å². The van der Waals surface area contributed by atoms with Gasteiger partial charge < -0.3 is 10.4 Å². The van der Waals surface area contributed by atoms with Crippen LogP contribution >= 0.6 is 11.8 Å². The Morgan fingerprint density at radius 3 is 2.59 bits per heavy atom. The zero-order chi connectivity index (χ0) is 12.7. The van der Waals surface area contributed by atoms with E-state index in [9.17, 15) is 10.1 Å². The summed E-state index contributed by atoms with van der Waals surface area (Å²) in [6, 6.07) is 6.48. The van der Waals surface area contributed by atoms with Crippen LogP contribution in [0.3, 0.4) is 0 Å². The van der Waals surface area contributed by atoms with Crippen molar-refractivity contribution < 1.29 is 10.0 Å². The topological polar surface area (TPSA) is 75.4 Å². The highest BCUT2D eigenvalue weighted by Crippen LogP contribution is 2.17. The molecular formula is C11H16N2O3S. The van der Waals surface area contributed by atoms with Gasteiger partial charge in [0.2, 0.25) is 0 Å². The molecular weight excluding hydrogens is 240 g/mol. The van der Waals surface area contributed by atoms with E-state index in [0.29, 0.717) is 6.42 Å². The Kier molecular flexibility index (Phi) is 5.79. The van der Waals surface area contributed by atoms with Crippen molar-refractivity contribution in [1.29, 1.82) is 0 Å². The molecule has 0 bridgehead atoms. The number of thioether (sulfide) groups is 1. The standard InChI is InChI=1S/C11H16N2O3S/c1-17-8-10(6-7-14)12-9-2-4-11(5-3-9)13(15)16/h2-5,10,12,14H,6-8H2,1H3/t10-/m1/s1. The molecule has 0 saturated carbocycles. The molecule has 0 unspecified atom stereocenters. The van der Waals surface area contributed by atoms with Crippen molar-refractivity contribution in [3.05, 3.63) is 34.4 Å². The van der Waals surface area contributed by atoms with Crippen molar-refractivity contribution in [2.45, 2.75) is 12.5 Å². The summed E-state index contributed by atoms with van der Waals surface area (Å²) in [7, 11) is 0. The summed E-state index contributed by atoms with van der Waals surface area (Å²) in [5.41, 5.74) is 0.919. The number of benzene rings is 1. The van der Waals surface area contributed by atoms with Gasteiger partial charge in [-0.3, -0.25) is 10.1 Å². The molecule has 0 aliphatic rings. The first-order valence-electron chi connectivity index (χ1n) is 5.28. The monoisotopic (exact) mass is 256 g/mol. The van der Waals surface area contributed by atoms with Gasteiger partial charge in [-0.1, -0.05) is 0 Å². The quantitative estimate of drug-likeness (QED) is 0.577. The molecule has 0 fully saturated rings. The van der Waals surface area contributed by atoms with Gasteiger partial charge in [-0.05, 0) is 24.8 Å². The van der Waals surface area contributed by atoms with Crippen LogP contribution in [-0.4, -0.2) is 34.7 Å². The molecule has 17 heavy (non-hydrogen) atoms. The van der Waals surface area contributed by atoms with E-state index in [2.05, 4.69) is 5.32 Å². The lowest BCUT2D eigenvalue weighted by atomic mass is 10.2. The number of aliphatic hydroxyl groups is 1. The number of nitrogens with one attached hydrogen (secondary N) is 1. The highest BCUT2D eigenvalue weighted by atomic mass is 32.2. The van der Waals surface area contributed by atoms with Crippen LogP contribution in [0.25, 0.3) is 0 Å². The van der Waals surface area contributed by atoms with Gasteiger partial charge in [-0.2, -0.15) is 11.8 Å². The van der Waals surface area contributed by atoms with Crippen molar-refractivity contribution in [2.75, 3.05) is 23.9 Å². The van der Waals surface area contributed by atoms with Gasteiger partial charge in [-0.15, -0.1) is 0 Å². The number of non-ortho nitro benzene ring substituents is 1. The van der Waals surface area contributed by atoms with Crippen LogP contribution in [-0.2, 0) is 0 Å². The van der Waals surface area contributed by atoms with Crippen LogP contribution in [0, 0.1) is 10.1 Å². The van der Waals surface area contributed by atoms with Crippen LogP contribution in [0.4, 0.5) is 11.4 Å². The summed E-state index contributed by atoms with van der Waals surface area (Å²) in [6.45, 7) is 0.130. The summed E-state index contributed by atoms with van der Waals surface area (Å²) in [4.78, 5) is 10.1. The average Bonchev–Trinajstić information content (AvgIpc) is 2.30. The lowest BCUT2D eigenvalue weighted by molar-refractivity contribution is -0.384. The molecule has 1 aromatic rings. The van der Waals surface area contributed by atoms with Crippen LogP contribution in [0.2, 0.25) is 0 Å². The molecule has 0 aliphatic carbocycles. The van der Waals surface area contributed by atoms with Gasteiger partial charge in [0.05, 0.1) is 4.92 Å². The first-order valence-corrected chi connectivity index (χ1v) is 6.67. The molecule has 0 radical (unpaired) electrons. The summed E-state index contributed by atoms with van der Waals surface area (Å²) < 4.78 is 0. The first-order chi connectivity index (χ1) is 8.17. The van der Waals surface area contributed by atoms with Gasteiger partial charge >= 0.3 is 0 Å². The number of anilines is 1. The molecule has 0 aromatic heterocycles. The lowest BCUT2D eigenvalue weighted by Crippen LogP contribution is -2.23. The van der Waals surface area contributed by atoms with Crippen molar-refractivity contribution in [1.82, 2.24) is 0 Å². The van der Waals surface area contributed by atoms with Crippen molar-refractivity contribution in [2.24, 2.45) is 0 Å². The zero-order valence-electron chi connectivity index (χ0n) is 9.63. The predicted molar refractivity (Wildman–Crippen MR) is 70.6 cm³/mol. The smallest absolute Gasteiger partial charge is 0.269 e. The van der Waals surface area contributed by atoms with Gasteiger partial charge in [0.25, 0.3) is 5.69 Å². The lowest BCUT2D eigenvalue weighted by Gasteiger charge is -2.17. The summed E-state index contributed by atoms with van der Waals surface area (Å²) in [5, 5.41) is 22.7. The Balaban J connectivity index is 2.62. The molecule has 0 aliphatic heterocycles. The molecule has 6 heteroatoms. The molecule has 0 saturated heterocycles. The SMILES string of the molecule is CSC[C@@H](CCO)Nc1ccc([N+](=O)[O-])cc1. The molecule has 1 rings (SSSR count). The molecule has 0 heterocycles. The van der Waals surface area contributed by atoms with Crippen molar-refractivity contribution in [3.8, 4) is 0 Å². The number of aliphatic hydroxyl groups excluding tert-OH is 1. The third-order valence-electron chi connectivity index (χ3n) is 2.29. The van der Waals surface area contributed by atoms with Gasteiger partial charge in [0.1, 0.15) is 0 Å². The third-order valence-corrected chi connectivity index (χ3v) is 3.03. The largest absolute Gasteiger partial charge is 0.396 e. The minimum absolute atomic E-state index is 0.0825. The molecule has 0 amide bonds. The predicted octanol–water partition coefficient (Wildman–Crippen LogP) is 2.12. The fraction of sp³-hybridized carbons (Fsp3) is 0.455. The maximum atomic E-state index is 10.5. The molecule has 0 spiro atoms. The maximum absolute atomic E-state index is 10.5. The highest BCUT2D eigenvalue weighted by Gasteiger charge is 2.08. The Morgan fingerprint density at radius 2 is 2.12 bits per heavy atom. The van der Waals surface area contributed by atoms with Gasteiger partial charge in [-0.25, -0.2) is 0 Å². The van der Waals surface area contributed by atoms with E-state index >= 15 is 0 Å². The van der Waals surface area contributed by atoms with Gasteiger partial charge in [0, 0.05) is 36.2 Å². The summed E-state index contributed by atoms with van der Waals surface area (Å²) in [5.74, 6) is 0.886. The number of rotatable bonds is 7. The molecule has 1 atom stereocenters. The number of hydrogen-bond acceptors (Lipinski definition) is 5. The van der Waals surface area contributed by atoms with E-state index in [4.69, 9.17) is 5.11 Å². The number of hydrogen-bond donors (Lipinski definition) is 2. The van der Waals surface area contributed by atoms with Crippen LogP contribution < -0.4 is 5.32 Å². The van der Waals surface area contributed by atoms with Crippen LogP contribution in [0.15, 0.2) is 24.3 Å². The normalized spacial score (nSPS) is 12.1. The first kappa shape index (κ1) is 13.8. The van der Waals surface area contributed by atoms with E-state index in [1.807, 2.05) is 6.26 Å². The van der Waals surface area contributed by atoms with E-state index in [-0.39, 0.29) is 18.3 Å². The molecule has 2 N–H and O–H groups in total. The second-order valence-corrected chi connectivity index (χ2v) is 4.52. The van der Waals surface area contributed by atoms with Crippen molar-refractivity contribution >= 4 is 23.1 Å². The summed E-state index contributed by atoms with van der Waals surface area (Å²) in [6.07, 6.45) is 2.67. The minimum atomic E-state index is -0.420. The van der Waals surface area contributed by atoms with E-state index in [0.717, 1.165) is 11.4 Å². The van der Waals surface area contributed by atoms with Crippen molar-refractivity contribution in [3.63, 3.8) is 0 Å². The number of nitro groups is 1. The Labute approximate surface area is 104 Å². The highest BCUT2D eigenvalue weighted by molar-refractivity contribution is 7.98. The Bertz CT molecular complexity index is 350. The van der Waals surface area contributed by atoms with Crippen LogP contribution in [0.5, 0.6) is 0 Å². The molecule has 94 valence electrons. The molecule has 5 nitrogen and oxygen atoms in total.